The molecular weight excluding hydrogens is 384 g/mol. The van der Waals surface area contributed by atoms with Crippen LogP contribution in [0.4, 0.5) is 0 Å². The third-order valence-electron chi connectivity index (χ3n) is 3.96. The Hall–Kier alpha value is 2.41. The van der Waals surface area contributed by atoms with Crippen molar-refractivity contribution in [2.24, 2.45) is 0 Å². The van der Waals surface area contributed by atoms with E-state index >= 15 is 0 Å². The van der Waals surface area contributed by atoms with Crippen LogP contribution in [0.15, 0.2) is 0 Å². The van der Waals surface area contributed by atoms with E-state index in [9.17, 15) is 0 Å². The second-order valence-corrected chi connectivity index (χ2v) is 7.49. The Morgan fingerprint density at radius 3 is 0.731 bits per heavy atom. The summed E-state index contributed by atoms with van der Waals surface area (Å²) in [4.78, 5) is 21.6. The minimum absolute atomic E-state index is 0. The first kappa shape index (κ1) is 38.9. The molecule has 0 saturated carbocycles. The summed E-state index contributed by atoms with van der Waals surface area (Å²) < 4.78 is 8.88. The molecule has 0 aromatic rings. The summed E-state index contributed by atoms with van der Waals surface area (Å²) in [7, 11) is -4.64. The van der Waals surface area contributed by atoms with Gasteiger partial charge in [-0.25, -0.2) is 4.57 Å². The van der Waals surface area contributed by atoms with Gasteiger partial charge in [-0.2, -0.15) is 0 Å². The van der Waals surface area contributed by atoms with Crippen molar-refractivity contribution in [3.05, 3.63) is 0 Å². The topological polar surface area (TPSA) is 77.8 Å². The van der Waals surface area contributed by atoms with Gasteiger partial charge < -0.3 is 23.2 Å². The molecule has 8 heteroatoms. The first-order valence-corrected chi connectivity index (χ1v) is 11.3. The monoisotopic (exact) mass is 430 g/mol. The van der Waals surface area contributed by atoms with Crippen LogP contribution in [0, 0.1) is 0 Å². The summed E-state index contributed by atoms with van der Waals surface area (Å²) in [5, 5.41) is 0. The van der Waals surface area contributed by atoms with E-state index in [1.807, 2.05) is 0 Å². The molecule has 0 heterocycles. The van der Waals surface area contributed by atoms with Crippen molar-refractivity contribution < 1.29 is 27.8 Å². The van der Waals surface area contributed by atoms with E-state index in [0.717, 1.165) is 0 Å². The molecule has 0 unspecified atom stereocenters. The van der Waals surface area contributed by atoms with E-state index in [-0.39, 0.29) is 77.7 Å². The number of hydrogen-bond acceptors (Lipinski definition) is 1. The summed E-state index contributed by atoms with van der Waals surface area (Å²) in [6.07, 6.45) is 23.4. The fourth-order valence-corrected chi connectivity index (χ4v) is 2.62. The summed E-state index contributed by atoms with van der Waals surface area (Å²) in [6, 6.07) is 0. The SMILES string of the molecule is CCCCCCCCCCCCCCCCCC.O=P(O)(O)O.[H-].[H-].[H-].[H-].[H-].[H-].[Mg+2].[Mg+2].[Mg+2]. The van der Waals surface area contributed by atoms with E-state index in [1.165, 1.54) is 103 Å². The first-order chi connectivity index (χ1) is 10.9. The number of phosphoric acid groups is 1. The zero-order chi connectivity index (χ0) is 17.8. The fraction of sp³-hybridized carbons (Fsp3) is 1.00. The van der Waals surface area contributed by atoms with E-state index in [1.54, 1.807) is 0 Å². The van der Waals surface area contributed by atoms with Gasteiger partial charge in [-0.1, -0.05) is 117 Å². The normalized spacial score (nSPS) is 9.88. The Morgan fingerprint density at radius 2 is 0.615 bits per heavy atom. The molecule has 0 amide bonds. The minimum atomic E-state index is -4.64. The number of unbranched alkanes of at least 4 members (excludes halogenated alkanes) is 15. The van der Waals surface area contributed by atoms with Crippen molar-refractivity contribution in [3.63, 3.8) is 0 Å². The van der Waals surface area contributed by atoms with Gasteiger partial charge in [0.05, 0.1) is 0 Å². The van der Waals surface area contributed by atoms with Gasteiger partial charge in [-0.05, 0) is 0 Å². The molecule has 0 aliphatic heterocycles. The maximum Gasteiger partial charge on any atom is 2.00 e. The zero-order valence-electron chi connectivity index (χ0n) is 23.6. The second-order valence-electron chi connectivity index (χ2n) is 6.46. The number of hydrogen-bond donors (Lipinski definition) is 3. The molecule has 0 aromatic heterocycles. The van der Waals surface area contributed by atoms with E-state index in [2.05, 4.69) is 13.8 Å². The van der Waals surface area contributed by atoms with Gasteiger partial charge in [0.2, 0.25) is 0 Å². The summed E-state index contributed by atoms with van der Waals surface area (Å²) in [6.45, 7) is 4.59. The van der Waals surface area contributed by atoms with Crippen molar-refractivity contribution in [3.8, 4) is 0 Å². The van der Waals surface area contributed by atoms with Gasteiger partial charge in [0.15, 0.2) is 0 Å². The first-order valence-electron chi connectivity index (χ1n) is 9.70. The van der Waals surface area contributed by atoms with E-state index in [0.29, 0.717) is 0 Å². The molecule has 0 fully saturated rings. The second kappa shape index (κ2) is 32.1. The molecule has 4 nitrogen and oxygen atoms in total. The van der Waals surface area contributed by atoms with Gasteiger partial charge in [-0.3, -0.25) is 0 Å². The van der Waals surface area contributed by atoms with E-state index in [4.69, 9.17) is 19.2 Å². The van der Waals surface area contributed by atoms with Crippen LogP contribution in [-0.2, 0) is 4.57 Å². The smallest absolute Gasteiger partial charge is 1.00 e. The van der Waals surface area contributed by atoms with Crippen LogP contribution in [0.2, 0.25) is 0 Å². The van der Waals surface area contributed by atoms with Crippen molar-refractivity contribution in [1.82, 2.24) is 0 Å². The standard InChI is InChI=1S/C18H38.3Mg.H3O4P.6H/c1-3-5-7-9-11-13-15-17-18-16-14-12-10-8-6-4-2;;;;1-5(2,3)4;;;;;;/h3-18H2,1-2H3;;;;(H3,1,2,3,4);;;;;;/q;3*+2;;6*-1. The molecule has 0 spiro atoms. The molecular formula is C18H47Mg3O4P. The van der Waals surface area contributed by atoms with Crippen molar-refractivity contribution >= 4 is 77.0 Å². The van der Waals surface area contributed by atoms with Crippen molar-refractivity contribution in [2.45, 2.75) is 117 Å². The Morgan fingerprint density at radius 1 is 0.500 bits per heavy atom. The molecule has 0 atom stereocenters. The van der Waals surface area contributed by atoms with Crippen LogP contribution in [0.5, 0.6) is 0 Å². The molecule has 26 heavy (non-hydrogen) atoms. The third-order valence-corrected chi connectivity index (χ3v) is 3.96. The van der Waals surface area contributed by atoms with Crippen LogP contribution in [0.3, 0.4) is 0 Å². The molecule has 0 aromatic carbocycles. The van der Waals surface area contributed by atoms with Crippen molar-refractivity contribution in [2.75, 3.05) is 0 Å². The average Bonchev–Trinajstić information content (AvgIpc) is 2.46. The van der Waals surface area contributed by atoms with Crippen LogP contribution in [0.1, 0.15) is 125 Å². The van der Waals surface area contributed by atoms with Crippen LogP contribution >= 0.6 is 7.82 Å². The molecule has 0 rings (SSSR count). The summed E-state index contributed by atoms with van der Waals surface area (Å²) >= 11 is 0. The van der Waals surface area contributed by atoms with Crippen LogP contribution < -0.4 is 0 Å². The largest absolute Gasteiger partial charge is 2.00 e. The molecule has 0 saturated heterocycles. The minimum Gasteiger partial charge on any atom is -1.00 e. The molecule has 3 N–H and O–H groups in total. The summed E-state index contributed by atoms with van der Waals surface area (Å²) in [5.74, 6) is 0. The maximum atomic E-state index is 8.88. The zero-order valence-corrected chi connectivity index (χ0v) is 22.8. The fourth-order valence-electron chi connectivity index (χ4n) is 2.62. The van der Waals surface area contributed by atoms with Crippen molar-refractivity contribution in [1.29, 1.82) is 0 Å². The van der Waals surface area contributed by atoms with Crippen LogP contribution in [-0.4, -0.2) is 83.8 Å². The van der Waals surface area contributed by atoms with Gasteiger partial charge in [0.1, 0.15) is 0 Å². The Balaban J connectivity index is -0.0000000318. The molecule has 0 radical (unpaired) electrons. The van der Waals surface area contributed by atoms with Gasteiger partial charge in [0.25, 0.3) is 0 Å². The summed E-state index contributed by atoms with van der Waals surface area (Å²) in [5.41, 5.74) is 0. The van der Waals surface area contributed by atoms with Gasteiger partial charge in [0, 0.05) is 0 Å². The Kier molecular flexibility index (Phi) is 48.1. The van der Waals surface area contributed by atoms with E-state index < -0.39 is 7.82 Å². The predicted molar refractivity (Wildman–Crippen MR) is 123 cm³/mol. The molecule has 0 aliphatic rings. The molecule has 0 aliphatic carbocycles. The number of rotatable bonds is 15. The molecule has 0 bridgehead atoms. The van der Waals surface area contributed by atoms with Gasteiger partial charge >= 0.3 is 77.0 Å². The third kappa shape index (κ3) is 56.3. The van der Waals surface area contributed by atoms with Gasteiger partial charge in [-0.15, -0.1) is 0 Å². The quantitative estimate of drug-likeness (QED) is 0.172. The maximum absolute atomic E-state index is 8.88. The Bertz CT molecular complexity index is 265. The Labute approximate surface area is 220 Å². The predicted octanol–water partition coefficient (Wildman–Crippen LogP) is 5.87. The van der Waals surface area contributed by atoms with Crippen LogP contribution in [0.25, 0.3) is 0 Å². The molecule has 154 valence electrons. The average molecular weight is 431 g/mol.